The molecule has 15 heteroatoms. The number of carbonyl (C=O) groups excluding carboxylic acids is 3. The predicted octanol–water partition coefficient (Wildman–Crippen LogP) is 4.96. The number of rotatable bonds is 14. The van der Waals surface area contributed by atoms with Crippen molar-refractivity contribution in [2.75, 3.05) is 13.7 Å². The molecule has 1 heterocycles. The summed E-state index contributed by atoms with van der Waals surface area (Å²) in [5.74, 6) is -2.20. The number of nitro groups is 1. The second kappa shape index (κ2) is 15.7. The molecule has 0 spiro atoms. The van der Waals surface area contributed by atoms with E-state index in [1.54, 1.807) is 91.0 Å². The molecule has 0 aromatic heterocycles. The normalized spacial score (nSPS) is 16.1. The Morgan fingerprint density at radius 1 is 0.900 bits per heavy atom. The molecule has 0 aliphatic carbocycles. The minimum atomic E-state index is -4.34. The van der Waals surface area contributed by atoms with Gasteiger partial charge in [-0.1, -0.05) is 78.9 Å². The SMILES string of the molecule is CO/C(C)=C(\C(=O)OC(c1ccccc1)c1ccccc1)N1C(=O)C(NC(=O)COc2ccccc2)C1SS(=O)(=O)c1ccc([N+](=O)[O-])cc1. The highest BCUT2D eigenvalue weighted by atomic mass is 33.1. The lowest BCUT2D eigenvalue weighted by atomic mass is 10.0. The van der Waals surface area contributed by atoms with E-state index in [1.165, 1.54) is 14.0 Å². The number of methoxy groups -OCH3 is 1. The average molecular weight is 718 g/mol. The number of esters is 1. The lowest BCUT2D eigenvalue weighted by molar-refractivity contribution is -0.384. The lowest BCUT2D eigenvalue weighted by Crippen LogP contribution is -2.70. The highest BCUT2D eigenvalue weighted by molar-refractivity contribution is 8.72. The van der Waals surface area contributed by atoms with E-state index < -0.39 is 55.7 Å². The Bertz CT molecular complexity index is 1950. The van der Waals surface area contributed by atoms with Crippen LogP contribution >= 0.6 is 10.8 Å². The topological polar surface area (TPSA) is 171 Å². The third-order valence-electron chi connectivity index (χ3n) is 7.54. The van der Waals surface area contributed by atoms with E-state index in [0.717, 1.165) is 29.2 Å². The van der Waals surface area contributed by atoms with E-state index >= 15 is 0 Å². The first-order chi connectivity index (χ1) is 24.0. The molecule has 13 nitrogen and oxygen atoms in total. The van der Waals surface area contributed by atoms with E-state index in [-0.39, 0.29) is 32.8 Å². The maximum Gasteiger partial charge on any atom is 0.359 e. The summed E-state index contributed by atoms with van der Waals surface area (Å²) in [5, 5.41) is 12.3. The number of non-ortho nitro benzene ring substituents is 1. The summed E-state index contributed by atoms with van der Waals surface area (Å²) in [7, 11) is -2.80. The van der Waals surface area contributed by atoms with Crippen molar-refractivity contribution in [1.29, 1.82) is 0 Å². The second-order valence-electron chi connectivity index (χ2n) is 10.8. The summed E-state index contributed by atoms with van der Waals surface area (Å²) in [6, 6.07) is 29.0. The van der Waals surface area contributed by atoms with E-state index in [4.69, 9.17) is 14.2 Å². The molecule has 4 aromatic rings. The molecule has 0 saturated carbocycles. The van der Waals surface area contributed by atoms with E-state index in [1.807, 2.05) is 0 Å². The number of para-hydroxylation sites is 1. The number of β-lactam (4-membered cyclic amide) rings is 1. The van der Waals surface area contributed by atoms with Crippen LogP contribution in [0, 0.1) is 10.1 Å². The molecular weight excluding hydrogens is 687 g/mol. The number of carbonyl (C=O) groups is 3. The molecule has 50 heavy (non-hydrogen) atoms. The van der Waals surface area contributed by atoms with Crippen molar-refractivity contribution in [2.45, 2.75) is 29.3 Å². The Morgan fingerprint density at radius 3 is 1.96 bits per heavy atom. The van der Waals surface area contributed by atoms with Gasteiger partial charge in [0.1, 0.15) is 22.9 Å². The second-order valence-corrected chi connectivity index (χ2v) is 14.7. The molecule has 258 valence electrons. The number of nitrogens with one attached hydrogen (secondary N) is 1. The Balaban J connectivity index is 1.47. The minimum absolute atomic E-state index is 0.0567. The zero-order valence-corrected chi connectivity index (χ0v) is 28.3. The first-order valence-corrected chi connectivity index (χ1v) is 17.9. The predicted molar refractivity (Wildman–Crippen MR) is 183 cm³/mol. The highest BCUT2D eigenvalue weighted by Crippen LogP contribution is 2.41. The van der Waals surface area contributed by atoms with E-state index in [0.29, 0.717) is 16.9 Å². The molecular formula is C35H31N3O10S2. The van der Waals surface area contributed by atoms with Crippen LogP contribution in [0.1, 0.15) is 24.2 Å². The molecule has 1 aliphatic rings. The van der Waals surface area contributed by atoms with Crippen molar-refractivity contribution < 1.29 is 41.9 Å². The number of likely N-dealkylation sites (tertiary alicyclic amines) is 1. The number of nitrogens with zero attached hydrogens (tertiary/aromatic N) is 2. The first kappa shape index (κ1) is 35.6. The summed E-state index contributed by atoms with van der Waals surface area (Å²) < 4.78 is 44.2. The van der Waals surface area contributed by atoms with E-state index in [2.05, 4.69) is 5.32 Å². The number of ether oxygens (including phenoxy) is 3. The molecule has 0 radical (unpaired) electrons. The fourth-order valence-electron chi connectivity index (χ4n) is 4.99. The molecule has 0 bridgehead atoms. The van der Waals surface area contributed by atoms with Gasteiger partial charge in [-0.2, -0.15) is 0 Å². The standard InChI is InChI=1S/C35H31N3O10S2/c1-23(46-2)31(35(41)48-32(24-12-6-3-7-13-24)25-14-8-4-9-15-25)37-33(40)30(36-29(39)22-47-27-16-10-5-11-17-27)34(37)49-50(44,45)28-20-18-26(19-21-28)38(42)43/h3-21,30,32,34H,22H2,1-2H3,(H,36,39)/b31-23+. The summed E-state index contributed by atoms with van der Waals surface area (Å²) >= 11 is 0. The molecule has 1 N–H and O–H groups in total. The van der Waals surface area contributed by atoms with Gasteiger partial charge in [0.05, 0.1) is 16.9 Å². The number of hydrogen-bond acceptors (Lipinski definition) is 11. The third-order valence-corrected chi connectivity index (χ3v) is 11.2. The van der Waals surface area contributed by atoms with Crippen molar-refractivity contribution in [2.24, 2.45) is 0 Å². The van der Waals surface area contributed by atoms with Crippen molar-refractivity contribution >= 4 is 43.1 Å². The monoisotopic (exact) mass is 717 g/mol. The van der Waals surface area contributed by atoms with Crippen molar-refractivity contribution in [3.05, 3.63) is 148 Å². The third kappa shape index (κ3) is 8.13. The Morgan fingerprint density at radius 2 is 1.44 bits per heavy atom. The minimum Gasteiger partial charge on any atom is -0.499 e. The molecule has 4 aromatic carbocycles. The van der Waals surface area contributed by atoms with E-state index in [9.17, 15) is 32.9 Å². The van der Waals surface area contributed by atoms with Crippen LogP contribution in [-0.4, -0.2) is 61.2 Å². The number of amides is 2. The van der Waals surface area contributed by atoms with Gasteiger partial charge in [0.25, 0.3) is 17.5 Å². The summed E-state index contributed by atoms with van der Waals surface area (Å²) in [6.45, 7) is 0.925. The summed E-state index contributed by atoms with van der Waals surface area (Å²) in [6.07, 6.45) is -0.915. The van der Waals surface area contributed by atoms with Crippen LogP contribution in [-0.2, 0) is 32.7 Å². The maximum absolute atomic E-state index is 14.1. The van der Waals surface area contributed by atoms with Gasteiger partial charge >= 0.3 is 5.97 Å². The van der Waals surface area contributed by atoms with Crippen LogP contribution in [0.5, 0.6) is 5.75 Å². The molecule has 2 amide bonds. The highest BCUT2D eigenvalue weighted by Gasteiger charge is 2.55. The van der Waals surface area contributed by atoms with Crippen molar-refractivity contribution in [1.82, 2.24) is 10.2 Å². The van der Waals surface area contributed by atoms with Crippen LogP contribution in [0.25, 0.3) is 0 Å². The Hall–Kier alpha value is -5.67. The number of nitro benzene ring substituents is 1. The quantitative estimate of drug-likeness (QED) is 0.0356. The Labute approximate surface area is 291 Å². The van der Waals surface area contributed by atoms with Crippen LogP contribution in [0.2, 0.25) is 0 Å². The zero-order valence-electron chi connectivity index (χ0n) is 26.7. The first-order valence-electron chi connectivity index (χ1n) is 15.0. The zero-order chi connectivity index (χ0) is 35.8. The van der Waals surface area contributed by atoms with Gasteiger partial charge in [0, 0.05) is 22.9 Å². The molecule has 5 rings (SSSR count). The van der Waals surface area contributed by atoms with Gasteiger partial charge in [-0.25, -0.2) is 13.2 Å². The van der Waals surface area contributed by atoms with Gasteiger partial charge in [0.2, 0.25) is 8.87 Å². The molecule has 1 saturated heterocycles. The molecule has 2 unspecified atom stereocenters. The van der Waals surface area contributed by atoms with Crippen molar-refractivity contribution in [3.63, 3.8) is 0 Å². The number of allylic oxidation sites excluding steroid dienone is 1. The van der Waals surface area contributed by atoms with Gasteiger partial charge in [-0.15, -0.1) is 0 Å². The average Bonchev–Trinajstić information content (AvgIpc) is 3.14. The number of hydrogen-bond donors (Lipinski definition) is 1. The van der Waals surface area contributed by atoms with Gasteiger partial charge in [-0.05, 0) is 42.3 Å². The van der Waals surface area contributed by atoms with Crippen LogP contribution in [0.15, 0.2) is 132 Å². The van der Waals surface area contributed by atoms with Crippen LogP contribution in [0.4, 0.5) is 5.69 Å². The summed E-state index contributed by atoms with van der Waals surface area (Å²) in [4.78, 5) is 51.9. The molecule has 1 fully saturated rings. The molecule has 1 aliphatic heterocycles. The smallest absolute Gasteiger partial charge is 0.359 e. The molecule has 2 atom stereocenters. The fourth-order valence-corrected chi connectivity index (χ4v) is 8.46. The fraction of sp³-hybridized carbons (Fsp3) is 0.171. The number of benzene rings is 4. The largest absolute Gasteiger partial charge is 0.499 e. The Kier molecular flexibility index (Phi) is 11.2. The van der Waals surface area contributed by atoms with Gasteiger partial charge in [0.15, 0.2) is 18.4 Å². The van der Waals surface area contributed by atoms with Crippen LogP contribution < -0.4 is 10.1 Å². The lowest BCUT2D eigenvalue weighted by Gasteiger charge is -2.46. The van der Waals surface area contributed by atoms with Crippen molar-refractivity contribution in [3.8, 4) is 5.75 Å². The summed E-state index contributed by atoms with van der Waals surface area (Å²) in [5.41, 5.74) is 0.558. The van der Waals surface area contributed by atoms with Crippen LogP contribution in [0.3, 0.4) is 0 Å². The van der Waals surface area contributed by atoms with Gasteiger partial charge < -0.3 is 19.5 Å². The van der Waals surface area contributed by atoms with Gasteiger partial charge in [-0.3, -0.25) is 24.6 Å². The maximum atomic E-state index is 14.1.